The van der Waals surface area contributed by atoms with Crippen molar-refractivity contribution in [3.8, 4) is 0 Å². The van der Waals surface area contributed by atoms with Gasteiger partial charge in [-0.2, -0.15) is 8.78 Å². The number of benzene rings is 1. The summed E-state index contributed by atoms with van der Waals surface area (Å²) in [6.45, 7) is -0.273. The van der Waals surface area contributed by atoms with E-state index in [2.05, 4.69) is 0 Å². The van der Waals surface area contributed by atoms with E-state index in [1.54, 1.807) is 30.5 Å². The first kappa shape index (κ1) is 13.9. The highest BCUT2D eigenvalue weighted by atomic mass is 19.3. The first-order valence-corrected chi connectivity index (χ1v) is 6.23. The third-order valence-corrected chi connectivity index (χ3v) is 3.45. The fourth-order valence-corrected chi connectivity index (χ4v) is 2.40. The summed E-state index contributed by atoms with van der Waals surface area (Å²) in [5.74, 6) is -8.50. The highest BCUT2D eigenvalue weighted by Crippen LogP contribution is 2.40. The molecule has 0 radical (unpaired) electrons. The van der Waals surface area contributed by atoms with Crippen LogP contribution in [0.15, 0.2) is 59.8 Å². The number of nitrogens with zero attached hydrogens (tertiary/aromatic N) is 1. The molecule has 1 heterocycles. The van der Waals surface area contributed by atoms with Crippen LogP contribution in [0, 0.1) is 0 Å². The summed E-state index contributed by atoms with van der Waals surface area (Å²) in [6, 6.07) is 8.82. The Morgan fingerprint density at radius 3 is 2.57 bits per heavy atom. The second-order valence-corrected chi connectivity index (χ2v) is 4.87. The predicted molar refractivity (Wildman–Crippen MR) is 69.1 cm³/mol. The van der Waals surface area contributed by atoms with Crippen LogP contribution in [0.25, 0.3) is 10.9 Å². The molecule has 0 aliphatic heterocycles. The van der Waals surface area contributed by atoms with E-state index in [0.717, 1.165) is 5.39 Å². The highest BCUT2D eigenvalue weighted by molar-refractivity contribution is 5.80. The van der Waals surface area contributed by atoms with Gasteiger partial charge < -0.3 is 4.57 Å². The SMILES string of the molecule is FC1=C(F)C(F)(F)C=C(Cn2ccc3ccccc32)C1F. The molecule has 21 heavy (non-hydrogen) atoms. The van der Waals surface area contributed by atoms with Gasteiger partial charge in [-0.1, -0.05) is 18.2 Å². The maximum Gasteiger partial charge on any atom is 0.320 e. The number of halogens is 5. The molecule has 0 bridgehead atoms. The maximum atomic E-state index is 13.7. The molecular formula is C15H10F5N. The van der Waals surface area contributed by atoms with Gasteiger partial charge >= 0.3 is 5.92 Å². The topological polar surface area (TPSA) is 4.93 Å². The molecule has 0 amide bonds. The van der Waals surface area contributed by atoms with Gasteiger partial charge in [-0.3, -0.25) is 0 Å². The molecule has 1 aromatic heterocycles. The predicted octanol–water partition coefficient (Wildman–Crippen LogP) is 4.71. The molecule has 1 nitrogen and oxygen atoms in total. The fourth-order valence-electron chi connectivity index (χ4n) is 2.40. The number of rotatable bonds is 2. The second kappa shape index (κ2) is 4.72. The van der Waals surface area contributed by atoms with Crippen molar-refractivity contribution in [3.05, 3.63) is 59.8 Å². The zero-order valence-electron chi connectivity index (χ0n) is 10.7. The van der Waals surface area contributed by atoms with Crippen LogP contribution in [0.3, 0.4) is 0 Å². The normalized spacial score (nSPS) is 21.8. The standard InChI is InChI=1S/C15H10F5N/c16-12-10(7-15(19,20)14(18)13(12)17)8-21-6-5-9-3-1-2-4-11(9)21/h1-7,12H,8H2. The summed E-state index contributed by atoms with van der Waals surface area (Å²) in [7, 11) is 0. The summed E-state index contributed by atoms with van der Waals surface area (Å²) in [4.78, 5) is 0. The van der Waals surface area contributed by atoms with Gasteiger partial charge in [0.2, 0.25) is 5.83 Å². The van der Waals surface area contributed by atoms with E-state index in [1.165, 1.54) is 4.57 Å². The Morgan fingerprint density at radius 1 is 1.10 bits per heavy atom. The number of hydrogen-bond donors (Lipinski definition) is 0. The quantitative estimate of drug-likeness (QED) is 0.559. The number of para-hydroxylation sites is 1. The van der Waals surface area contributed by atoms with E-state index in [4.69, 9.17) is 0 Å². The molecule has 1 unspecified atom stereocenters. The lowest BCUT2D eigenvalue weighted by Gasteiger charge is -2.22. The zero-order valence-corrected chi connectivity index (χ0v) is 10.7. The lowest BCUT2D eigenvalue weighted by molar-refractivity contribution is 0.0557. The number of hydrogen-bond acceptors (Lipinski definition) is 0. The van der Waals surface area contributed by atoms with Crippen molar-refractivity contribution in [2.24, 2.45) is 0 Å². The lowest BCUT2D eigenvalue weighted by Crippen LogP contribution is -2.27. The monoisotopic (exact) mass is 299 g/mol. The van der Waals surface area contributed by atoms with Crippen LogP contribution >= 0.6 is 0 Å². The van der Waals surface area contributed by atoms with E-state index >= 15 is 0 Å². The summed E-state index contributed by atoms with van der Waals surface area (Å²) in [6.07, 6.45) is -0.737. The molecule has 0 fully saturated rings. The number of aromatic nitrogens is 1. The fraction of sp³-hybridized carbons (Fsp3) is 0.200. The van der Waals surface area contributed by atoms with Gasteiger partial charge in [0.05, 0.1) is 0 Å². The summed E-state index contributed by atoms with van der Waals surface area (Å²) in [5.41, 5.74) is 0.199. The molecule has 0 N–H and O–H groups in total. The van der Waals surface area contributed by atoms with Crippen molar-refractivity contribution < 1.29 is 22.0 Å². The molecule has 6 heteroatoms. The summed E-state index contributed by atoms with van der Waals surface area (Å²) in [5, 5.41) is 0.846. The Balaban J connectivity index is 1.98. The molecule has 2 aromatic rings. The molecule has 1 atom stereocenters. The first-order valence-electron chi connectivity index (χ1n) is 6.23. The van der Waals surface area contributed by atoms with Crippen LogP contribution in [0.4, 0.5) is 22.0 Å². The Bertz CT molecular complexity index is 756. The van der Waals surface area contributed by atoms with Crippen LogP contribution in [0.2, 0.25) is 0 Å². The van der Waals surface area contributed by atoms with Gasteiger partial charge in [0.25, 0.3) is 0 Å². The van der Waals surface area contributed by atoms with Crippen molar-refractivity contribution in [2.75, 3.05) is 0 Å². The minimum atomic E-state index is -4.11. The molecule has 110 valence electrons. The minimum Gasteiger partial charge on any atom is -0.343 e. The van der Waals surface area contributed by atoms with Crippen LogP contribution in [0.1, 0.15) is 0 Å². The smallest absolute Gasteiger partial charge is 0.320 e. The largest absolute Gasteiger partial charge is 0.343 e. The number of alkyl halides is 3. The molecular weight excluding hydrogens is 289 g/mol. The van der Waals surface area contributed by atoms with Gasteiger partial charge in [-0.05, 0) is 29.2 Å². The third kappa shape index (κ3) is 2.24. The van der Waals surface area contributed by atoms with Crippen molar-refractivity contribution in [3.63, 3.8) is 0 Å². The van der Waals surface area contributed by atoms with Crippen LogP contribution < -0.4 is 0 Å². The Labute approximate surface area is 117 Å². The van der Waals surface area contributed by atoms with Gasteiger partial charge in [-0.15, -0.1) is 0 Å². The van der Waals surface area contributed by atoms with Crippen molar-refractivity contribution in [1.82, 2.24) is 4.57 Å². The maximum absolute atomic E-state index is 13.7. The molecule has 0 spiro atoms. The summed E-state index contributed by atoms with van der Waals surface area (Å²) < 4.78 is 68.1. The van der Waals surface area contributed by atoms with Crippen LogP contribution in [0.5, 0.6) is 0 Å². The average Bonchev–Trinajstić information content (AvgIpc) is 2.86. The zero-order chi connectivity index (χ0) is 15.2. The van der Waals surface area contributed by atoms with Crippen LogP contribution in [-0.2, 0) is 6.54 Å². The van der Waals surface area contributed by atoms with Crippen molar-refractivity contribution in [1.29, 1.82) is 0 Å². The Kier molecular flexibility index (Phi) is 3.11. The van der Waals surface area contributed by atoms with E-state index in [1.807, 2.05) is 6.07 Å². The van der Waals surface area contributed by atoms with E-state index in [0.29, 0.717) is 5.52 Å². The van der Waals surface area contributed by atoms with E-state index in [-0.39, 0.29) is 12.6 Å². The number of allylic oxidation sites excluding steroid dienone is 4. The lowest BCUT2D eigenvalue weighted by atomic mass is 9.99. The average molecular weight is 299 g/mol. The van der Waals surface area contributed by atoms with Crippen LogP contribution in [-0.4, -0.2) is 16.7 Å². The van der Waals surface area contributed by atoms with Gasteiger partial charge in [0.1, 0.15) is 0 Å². The van der Waals surface area contributed by atoms with Gasteiger partial charge in [0.15, 0.2) is 12.0 Å². The molecule has 0 saturated carbocycles. The van der Waals surface area contributed by atoms with Crippen molar-refractivity contribution in [2.45, 2.75) is 18.6 Å². The summed E-state index contributed by atoms with van der Waals surface area (Å²) >= 11 is 0. The first-order chi connectivity index (χ1) is 9.90. The molecule has 1 aliphatic carbocycles. The van der Waals surface area contributed by atoms with E-state index in [9.17, 15) is 22.0 Å². The Morgan fingerprint density at radius 2 is 1.81 bits per heavy atom. The van der Waals surface area contributed by atoms with E-state index < -0.39 is 29.3 Å². The molecule has 1 aromatic carbocycles. The third-order valence-electron chi connectivity index (χ3n) is 3.45. The van der Waals surface area contributed by atoms with Gasteiger partial charge in [0, 0.05) is 18.3 Å². The van der Waals surface area contributed by atoms with Crippen molar-refractivity contribution >= 4 is 10.9 Å². The van der Waals surface area contributed by atoms with Gasteiger partial charge in [-0.25, -0.2) is 13.2 Å². The molecule has 3 rings (SSSR count). The Hall–Kier alpha value is -2.11. The molecule has 1 aliphatic rings. The minimum absolute atomic E-state index is 0.158. The number of fused-ring (bicyclic) bond motifs is 1. The molecule has 0 saturated heterocycles. The second-order valence-electron chi connectivity index (χ2n) is 4.87. The highest BCUT2D eigenvalue weighted by Gasteiger charge is 2.44.